The molecule has 4 nitrogen and oxygen atoms in total. The first-order valence-corrected chi connectivity index (χ1v) is 5.52. The molecular formula is C13H15N3O. The molecule has 0 fully saturated rings. The summed E-state index contributed by atoms with van der Waals surface area (Å²) in [5.41, 5.74) is 3.66. The van der Waals surface area contributed by atoms with Crippen LogP contribution in [0, 0.1) is 13.8 Å². The van der Waals surface area contributed by atoms with Crippen molar-refractivity contribution in [2.75, 3.05) is 0 Å². The molecule has 0 N–H and O–H groups in total. The highest BCUT2D eigenvalue weighted by atomic mass is 16.1. The Morgan fingerprint density at radius 1 is 1.35 bits per heavy atom. The molecule has 0 aliphatic carbocycles. The van der Waals surface area contributed by atoms with E-state index in [9.17, 15) is 4.79 Å². The lowest BCUT2D eigenvalue weighted by Crippen LogP contribution is -2.06. The molecule has 0 atom stereocenters. The van der Waals surface area contributed by atoms with Crippen LogP contribution in [0.1, 0.15) is 27.2 Å². The standard InChI is InChI=1S/C13H15N3O/c1-9-5-4-6-12(10(9)2)13(17)7-11-8-16(3)15-14-11/h4-6,8H,7H2,1-3H3. The first kappa shape index (κ1) is 11.5. The number of hydrogen-bond acceptors (Lipinski definition) is 3. The van der Waals surface area contributed by atoms with Crippen molar-refractivity contribution < 1.29 is 4.79 Å². The molecule has 2 aromatic rings. The maximum Gasteiger partial charge on any atom is 0.169 e. The van der Waals surface area contributed by atoms with Gasteiger partial charge in [0.1, 0.15) is 0 Å². The van der Waals surface area contributed by atoms with Crippen molar-refractivity contribution in [2.45, 2.75) is 20.3 Å². The summed E-state index contributed by atoms with van der Waals surface area (Å²) in [5.74, 6) is 0.0895. The highest BCUT2D eigenvalue weighted by Gasteiger charge is 2.12. The van der Waals surface area contributed by atoms with Crippen LogP contribution in [0.3, 0.4) is 0 Å². The maximum absolute atomic E-state index is 12.1. The van der Waals surface area contributed by atoms with Gasteiger partial charge in [0.15, 0.2) is 5.78 Å². The van der Waals surface area contributed by atoms with E-state index < -0.39 is 0 Å². The van der Waals surface area contributed by atoms with Crippen LogP contribution in [0.15, 0.2) is 24.4 Å². The van der Waals surface area contributed by atoms with E-state index in [4.69, 9.17) is 0 Å². The van der Waals surface area contributed by atoms with Gasteiger partial charge in [0.2, 0.25) is 0 Å². The molecule has 0 bridgehead atoms. The van der Waals surface area contributed by atoms with Gasteiger partial charge in [-0.3, -0.25) is 9.48 Å². The highest BCUT2D eigenvalue weighted by molar-refractivity contribution is 5.98. The minimum absolute atomic E-state index is 0.0895. The SMILES string of the molecule is Cc1cccc(C(=O)Cc2cn(C)nn2)c1C. The first-order valence-electron chi connectivity index (χ1n) is 5.52. The number of carbonyl (C=O) groups is 1. The van der Waals surface area contributed by atoms with Gasteiger partial charge in [-0.15, -0.1) is 5.10 Å². The Hall–Kier alpha value is -1.97. The second kappa shape index (κ2) is 4.49. The topological polar surface area (TPSA) is 47.8 Å². The van der Waals surface area contributed by atoms with Crippen molar-refractivity contribution in [1.82, 2.24) is 15.0 Å². The van der Waals surface area contributed by atoms with Gasteiger partial charge in [0.25, 0.3) is 0 Å². The molecule has 0 aliphatic rings. The minimum Gasteiger partial charge on any atom is -0.294 e. The fourth-order valence-electron chi connectivity index (χ4n) is 1.79. The first-order chi connectivity index (χ1) is 8.08. The molecule has 0 unspecified atom stereocenters. The van der Waals surface area contributed by atoms with Crippen LogP contribution in [0.25, 0.3) is 0 Å². The fraction of sp³-hybridized carbons (Fsp3) is 0.308. The van der Waals surface area contributed by atoms with Gasteiger partial charge in [-0.05, 0) is 25.0 Å². The zero-order valence-corrected chi connectivity index (χ0v) is 10.3. The molecular weight excluding hydrogens is 214 g/mol. The molecule has 1 aromatic carbocycles. The molecule has 4 heteroatoms. The van der Waals surface area contributed by atoms with Gasteiger partial charge in [-0.1, -0.05) is 23.4 Å². The zero-order valence-electron chi connectivity index (χ0n) is 10.3. The Labute approximate surface area is 100 Å². The van der Waals surface area contributed by atoms with E-state index >= 15 is 0 Å². The van der Waals surface area contributed by atoms with E-state index in [1.807, 2.05) is 32.0 Å². The summed E-state index contributed by atoms with van der Waals surface area (Å²) in [6.07, 6.45) is 2.07. The third-order valence-electron chi connectivity index (χ3n) is 2.90. The number of rotatable bonds is 3. The molecule has 88 valence electrons. The van der Waals surface area contributed by atoms with E-state index in [0.717, 1.165) is 16.7 Å². The van der Waals surface area contributed by atoms with Crippen LogP contribution in [0.2, 0.25) is 0 Å². The van der Waals surface area contributed by atoms with Crippen LogP contribution in [0.4, 0.5) is 0 Å². The van der Waals surface area contributed by atoms with Gasteiger partial charge >= 0.3 is 0 Å². The predicted octanol–water partition coefficient (Wildman–Crippen LogP) is 1.86. The third-order valence-corrected chi connectivity index (χ3v) is 2.90. The molecule has 0 saturated carbocycles. The third kappa shape index (κ3) is 2.41. The van der Waals surface area contributed by atoms with Crippen LogP contribution in [0.5, 0.6) is 0 Å². The number of aromatic nitrogens is 3. The molecule has 0 aliphatic heterocycles. The second-order valence-corrected chi connectivity index (χ2v) is 4.23. The molecule has 0 saturated heterocycles. The Morgan fingerprint density at radius 2 is 2.12 bits per heavy atom. The van der Waals surface area contributed by atoms with Crippen LogP contribution in [-0.4, -0.2) is 20.8 Å². The fourth-order valence-corrected chi connectivity index (χ4v) is 1.79. The number of carbonyl (C=O) groups excluding carboxylic acids is 1. The molecule has 2 rings (SSSR count). The highest BCUT2D eigenvalue weighted by Crippen LogP contribution is 2.14. The van der Waals surface area contributed by atoms with Gasteiger partial charge in [0.05, 0.1) is 12.1 Å². The Balaban J connectivity index is 2.23. The lowest BCUT2D eigenvalue weighted by Gasteiger charge is -2.06. The minimum atomic E-state index is 0.0895. The van der Waals surface area contributed by atoms with Crippen molar-refractivity contribution in [3.05, 3.63) is 46.8 Å². The molecule has 0 spiro atoms. The van der Waals surface area contributed by atoms with Crippen LogP contribution < -0.4 is 0 Å². The molecule has 1 heterocycles. The van der Waals surface area contributed by atoms with E-state index in [2.05, 4.69) is 10.3 Å². The smallest absolute Gasteiger partial charge is 0.169 e. The zero-order chi connectivity index (χ0) is 12.4. The predicted molar refractivity (Wildman–Crippen MR) is 65.0 cm³/mol. The normalized spacial score (nSPS) is 10.5. The Morgan fingerprint density at radius 3 is 2.76 bits per heavy atom. The Kier molecular flexibility index (Phi) is 3.04. The van der Waals surface area contributed by atoms with Crippen molar-refractivity contribution in [2.24, 2.45) is 7.05 Å². The quantitative estimate of drug-likeness (QED) is 0.755. The number of ketones is 1. The molecule has 0 amide bonds. The van der Waals surface area contributed by atoms with Gasteiger partial charge in [0, 0.05) is 18.8 Å². The lowest BCUT2D eigenvalue weighted by molar-refractivity contribution is 0.0991. The molecule has 1 aromatic heterocycles. The largest absolute Gasteiger partial charge is 0.294 e. The summed E-state index contributed by atoms with van der Waals surface area (Å²) in [6.45, 7) is 3.98. The monoisotopic (exact) mass is 229 g/mol. The van der Waals surface area contributed by atoms with Crippen molar-refractivity contribution in [3.8, 4) is 0 Å². The van der Waals surface area contributed by atoms with Crippen LogP contribution in [-0.2, 0) is 13.5 Å². The maximum atomic E-state index is 12.1. The number of benzene rings is 1. The summed E-state index contributed by atoms with van der Waals surface area (Å²) in [5, 5.41) is 7.74. The van der Waals surface area contributed by atoms with Gasteiger partial charge in [-0.25, -0.2) is 0 Å². The Bertz CT molecular complexity index is 558. The number of nitrogens with zero attached hydrogens (tertiary/aromatic N) is 3. The summed E-state index contributed by atoms with van der Waals surface area (Å²) in [7, 11) is 1.79. The number of Topliss-reactive ketones (excluding diaryl/α,β-unsaturated/α-hetero) is 1. The van der Waals surface area contributed by atoms with Gasteiger partial charge < -0.3 is 0 Å². The molecule has 17 heavy (non-hydrogen) atoms. The summed E-state index contributed by atoms with van der Waals surface area (Å²) < 4.78 is 1.60. The van der Waals surface area contributed by atoms with E-state index in [0.29, 0.717) is 12.1 Å². The summed E-state index contributed by atoms with van der Waals surface area (Å²) in [6, 6.07) is 5.78. The van der Waals surface area contributed by atoms with Crippen molar-refractivity contribution >= 4 is 5.78 Å². The average Bonchev–Trinajstić information content (AvgIpc) is 2.68. The number of hydrogen-bond donors (Lipinski definition) is 0. The van der Waals surface area contributed by atoms with E-state index in [1.165, 1.54) is 0 Å². The second-order valence-electron chi connectivity index (χ2n) is 4.23. The van der Waals surface area contributed by atoms with Crippen molar-refractivity contribution in [3.63, 3.8) is 0 Å². The van der Waals surface area contributed by atoms with E-state index in [1.54, 1.807) is 17.9 Å². The van der Waals surface area contributed by atoms with E-state index in [-0.39, 0.29) is 5.78 Å². The van der Waals surface area contributed by atoms with Crippen molar-refractivity contribution in [1.29, 1.82) is 0 Å². The average molecular weight is 229 g/mol. The van der Waals surface area contributed by atoms with Gasteiger partial charge in [-0.2, -0.15) is 0 Å². The van der Waals surface area contributed by atoms with Crippen LogP contribution >= 0.6 is 0 Å². The summed E-state index contributed by atoms with van der Waals surface area (Å²) >= 11 is 0. The lowest BCUT2D eigenvalue weighted by atomic mass is 9.98. The number of aryl methyl sites for hydroxylation is 2. The summed E-state index contributed by atoms with van der Waals surface area (Å²) in [4.78, 5) is 12.1. The molecule has 0 radical (unpaired) electrons.